The zero-order chi connectivity index (χ0) is 14.6. The minimum Gasteiger partial charge on any atom is -0.478 e. The molecule has 0 spiro atoms. The summed E-state index contributed by atoms with van der Waals surface area (Å²) in [5.41, 5.74) is 0.402. The Bertz CT molecular complexity index is 317. The maximum absolute atomic E-state index is 10.1. The van der Waals surface area contributed by atoms with Gasteiger partial charge in [0, 0.05) is 17.8 Å². The van der Waals surface area contributed by atoms with Crippen LogP contribution in [-0.2, 0) is 9.59 Å². The molecule has 0 amide bonds. The van der Waals surface area contributed by atoms with Crippen LogP contribution < -0.4 is 0 Å². The second-order valence-electron chi connectivity index (χ2n) is 3.47. The summed E-state index contributed by atoms with van der Waals surface area (Å²) < 4.78 is 0. The number of carboxylic acid groups (broad SMARTS) is 2. The smallest absolute Gasteiger partial charge is 0.330 e. The predicted octanol–water partition coefficient (Wildman–Crippen LogP) is 1.99. The fourth-order valence-corrected chi connectivity index (χ4v) is 0.783. The Hall–Kier alpha value is -1.88. The van der Waals surface area contributed by atoms with Crippen molar-refractivity contribution in [1.29, 1.82) is 0 Å². The Morgan fingerprint density at radius 1 is 1.00 bits per heavy atom. The summed E-state index contributed by atoms with van der Waals surface area (Å²) in [6.45, 7) is 10.1. The van der Waals surface area contributed by atoms with E-state index >= 15 is 0 Å². The van der Waals surface area contributed by atoms with Crippen LogP contribution in [0.3, 0.4) is 0 Å². The third kappa shape index (κ3) is 12.2. The van der Waals surface area contributed by atoms with Crippen LogP contribution >= 0.6 is 0 Å². The van der Waals surface area contributed by atoms with Crippen molar-refractivity contribution >= 4 is 11.9 Å². The van der Waals surface area contributed by atoms with E-state index in [0.717, 1.165) is 0 Å². The molecule has 0 saturated heterocycles. The average molecular weight is 256 g/mol. The van der Waals surface area contributed by atoms with Crippen molar-refractivity contribution in [2.45, 2.75) is 25.7 Å². The summed E-state index contributed by atoms with van der Waals surface area (Å²) in [5.74, 6) is -1.90. The minimum absolute atomic E-state index is 0.0201. The molecule has 5 nitrogen and oxygen atoms in total. The quantitative estimate of drug-likeness (QED) is 0.456. The van der Waals surface area contributed by atoms with Gasteiger partial charge in [-0.05, 0) is 25.7 Å². The molecule has 0 aliphatic carbocycles. The van der Waals surface area contributed by atoms with E-state index in [1.165, 1.54) is 0 Å². The molecule has 0 atom stereocenters. The van der Waals surface area contributed by atoms with E-state index in [9.17, 15) is 9.59 Å². The molecular weight excluding hydrogens is 236 g/mol. The lowest BCUT2D eigenvalue weighted by molar-refractivity contribution is -0.133. The molecule has 5 heteroatoms. The van der Waals surface area contributed by atoms with Gasteiger partial charge in [0.25, 0.3) is 0 Å². The second-order valence-corrected chi connectivity index (χ2v) is 3.47. The van der Waals surface area contributed by atoms with Gasteiger partial charge in [-0.25, -0.2) is 9.59 Å². The van der Waals surface area contributed by atoms with Crippen molar-refractivity contribution in [3.05, 3.63) is 37.0 Å². The molecule has 0 unspecified atom stereocenters. The van der Waals surface area contributed by atoms with Gasteiger partial charge in [0.2, 0.25) is 0 Å². The number of carbonyl (C=O) groups is 2. The highest BCUT2D eigenvalue weighted by atomic mass is 16.4. The molecule has 102 valence electrons. The lowest BCUT2D eigenvalue weighted by Gasteiger charge is -1.94. The highest BCUT2D eigenvalue weighted by molar-refractivity contribution is 5.86. The number of hydrogen-bond acceptors (Lipinski definition) is 3. The Labute approximate surface area is 107 Å². The Kier molecular flexibility index (Phi) is 11.9. The third-order valence-electron chi connectivity index (χ3n) is 1.89. The van der Waals surface area contributed by atoms with Crippen LogP contribution in [-0.4, -0.2) is 33.9 Å². The first-order valence-electron chi connectivity index (χ1n) is 5.40. The average Bonchev–Trinajstić information content (AvgIpc) is 2.33. The first-order valence-corrected chi connectivity index (χ1v) is 5.40. The molecule has 0 aromatic carbocycles. The van der Waals surface area contributed by atoms with Crippen LogP contribution in [0.25, 0.3) is 0 Å². The van der Waals surface area contributed by atoms with Gasteiger partial charge in [-0.15, -0.1) is 6.58 Å². The van der Waals surface area contributed by atoms with Gasteiger partial charge < -0.3 is 15.3 Å². The number of allylic oxidation sites excluding steroid dienone is 1. The van der Waals surface area contributed by atoms with Crippen molar-refractivity contribution in [2.75, 3.05) is 6.61 Å². The highest BCUT2D eigenvalue weighted by Gasteiger charge is 2.01. The molecule has 18 heavy (non-hydrogen) atoms. The van der Waals surface area contributed by atoms with E-state index < -0.39 is 11.9 Å². The number of rotatable bonds is 8. The Balaban J connectivity index is 0. The zero-order valence-corrected chi connectivity index (χ0v) is 10.4. The van der Waals surface area contributed by atoms with E-state index in [2.05, 4.69) is 19.7 Å². The van der Waals surface area contributed by atoms with Crippen molar-refractivity contribution in [3.8, 4) is 0 Å². The monoisotopic (exact) mass is 256 g/mol. The van der Waals surface area contributed by atoms with Crippen molar-refractivity contribution in [2.24, 2.45) is 0 Å². The van der Waals surface area contributed by atoms with Crippen LogP contribution in [0, 0.1) is 0 Å². The van der Waals surface area contributed by atoms with Crippen LogP contribution in [0.5, 0.6) is 0 Å². The number of aliphatic carboxylic acids is 2. The summed E-state index contributed by atoms with van der Waals surface area (Å²) in [6, 6.07) is 0. The third-order valence-corrected chi connectivity index (χ3v) is 1.89. The van der Waals surface area contributed by atoms with Gasteiger partial charge in [-0.1, -0.05) is 19.2 Å². The topological polar surface area (TPSA) is 94.8 Å². The lowest BCUT2D eigenvalue weighted by Crippen LogP contribution is -1.99. The molecule has 0 aromatic heterocycles. The maximum Gasteiger partial charge on any atom is 0.330 e. The number of hydrogen-bond donors (Lipinski definition) is 3. The summed E-state index contributed by atoms with van der Waals surface area (Å²) in [6.07, 6.45) is 3.70. The number of carboxylic acids is 2. The minimum atomic E-state index is -0.983. The Morgan fingerprint density at radius 2 is 1.44 bits per heavy atom. The molecule has 0 heterocycles. The van der Waals surface area contributed by atoms with Gasteiger partial charge in [-0.3, -0.25) is 0 Å². The van der Waals surface area contributed by atoms with Gasteiger partial charge in [0.1, 0.15) is 0 Å². The molecule has 0 aromatic rings. The molecule has 0 saturated carbocycles. The SMILES string of the molecule is C=C(CCCO)C(=O)O.C=CCCC(=C)C(=O)O. The van der Waals surface area contributed by atoms with Crippen LogP contribution in [0.2, 0.25) is 0 Å². The lowest BCUT2D eigenvalue weighted by atomic mass is 10.2. The van der Waals surface area contributed by atoms with Crippen molar-refractivity contribution in [1.82, 2.24) is 0 Å². The first kappa shape index (κ1) is 18.5. The largest absolute Gasteiger partial charge is 0.478 e. The highest BCUT2D eigenvalue weighted by Crippen LogP contribution is 2.01. The summed E-state index contributed by atoms with van der Waals surface area (Å²) in [4.78, 5) is 20.1. The standard InChI is InChI=1S/C7H10O2.C6H10O3/c1-3-4-5-6(2)7(8)9;1-5(6(8)9)3-2-4-7/h3H,1-2,4-5H2,(H,8,9);7H,1-4H2,(H,8,9). The van der Waals surface area contributed by atoms with E-state index in [4.69, 9.17) is 15.3 Å². The molecule has 0 bridgehead atoms. The zero-order valence-electron chi connectivity index (χ0n) is 10.4. The van der Waals surface area contributed by atoms with Crippen LogP contribution in [0.4, 0.5) is 0 Å². The summed E-state index contributed by atoms with van der Waals surface area (Å²) in [5, 5.41) is 24.8. The maximum atomic E-state index is 10.1. The fourth-order valence-electron chi connectivity index (χ4n) is 0.783. The number of aliphatic hydroxyl groups is 1. The molecule has 0 aliphatic rings. The fraction of sp³-hybridized carbons (Fsp3) is 0.385. The van der Waals surface area contributed by atoms with Crippen molar-refractivity contribution < 1.29 is 24.9 Å². The van der Waals surface area contributed by atoms with Gasteiger partial charge >= 0.3 is 11.9 Å². The molecule has 0 rings (SSSR count). The predicted molar refractivity (Wildman–Crippen MR) is 69.3 cm³/mol. The van der Waals surface area contributed by atoms with Gasteiger partial charge in [0.05, 0.1) is 0 Å². The molecule has 3 N–H and O–H groups in total. The Morgan fingerprint density at radius 3 is 1.78 bits per heavy atom. The van der Waals surface area contributed by atoms with Crippen LogP contribution in [0.1, 0.15) is 25.7 Å². The summed E-state index contributed by atoms with van der Waals surface area (Å²) in [7, 11) is 0. The molecule has 0 aliphatic heterocycles. The van der Waals surface area contributed by atoms with Gasteiger partial charge in [-0.2, -0.15) is 0 Å². The van der Waals surface area contributed by atoms with E-state index in [1.54, 1.807) is 6.08 Å². The van der Waals surface area contributed by atoms with E-state index in [0.29, 0.717) is 25.7 Å². The summed E-state index contributed by atoms with van der Waals surface area (Å²) >= 11 is 0. The second kappa shape index (κ2) is 11.6. The first-order chi connectivity index (χ1) is 8.36. The van der Waals surface area contributed by atoms with Crippen molar-refractivity contribution in [3.63, 3.8) is 0 Å². The van der Waals surface area contributed by atoms with E-state index in [-0.39, 0.29) is 17.8 Å². The number of aliphatic hydroxyl groups excluding tert-OH is 1. The van der Waals surface area contributed by atoms with E-state index in [1.807, 2.05) is 0 Å². The molecule has 0 radical (unpaired) electrons. The van der Waals surface area contributed by atoms with Gasteiger partial charge in [0.15, 0.2) is 0 Å². The molecule has 0 fully saturated rings. The molecular formula is C13H20O5. The van der Waals surface area contributed by atoms with Crippen LogP contribution in [0.15, 0.2) is 37.0 Å². The normalized spacial score (nSPS) is 8.72.